The number of aromatic nitrogens is 4. The van der Waals surface area contributed by atoms with Crippen LogP contribution in [0, 0.1) is 5.41 Å². The van der Waals surface area contributed by atoms with Crippen LogP contribution in [0.15, 0.2) is 0 Å². The van der Waals surface area contributed by atoms with E-state index in [0.717, 1.165) is 12.8 Å². The summed E-state index contributed by atoms with van der Waals surface area (Å²) in [4.78, 5) is 0. The quantitative estimate of drug-likeness (QED) is 0.716. The number of rotatable bonds is 6. The van der Waals surface area contributed by atoms with Gasteiger partial charge in [0.2, 0.25) is 5.95 Å². The Morgan fingerprint density at radius 2 is 2.07 bits per heavy atom. The first-order valence-corrected chi connectivity index (χ1v) is 5.24. The normalized spacial score (nSPS) is 11.7. The molecular weight excluding hydrogens is 194 g/mol. The second-order valence-electron chi connectivity index (χ2n) is 3.84. The lowest BCUT2D eigenvalue weighted by molar-refractivity contribution is 0.127. The molecule has 2 N–H and O–H groups in total. The minimum Gasteiger partial charge on any atom is -0.396 e. The summed E-state index contributed by atoms with van der Waals surface area (Å²) < 4.78 is 1.58. The van der Waals surface area contributed by atoms with E-state index in [-0.39, 0.29) is 12.0 Å². The molecule has 0 unspecified atom stereocenters. The number of hydrogen-bond acceptors (Lipinski definition) is 5. The van der Waals surface area contributed by atoms with Gasteiger partial charge in [-0.15, -0.1) is 0 Å². The summed E-state index contributed by atoms with van der Waals surface area (Å²) in [6.45, 7) is 5.02. The van der Waals surface area contributed by atoms with Gasteiger partial charge in [-0.25, -0.2) is 4.68 Å². The Bertz CT molecular complexity index is 286. The topological polar surface area (TPSA) is 75.9 Å². The molecule has 1 aromatic rings. The van der Waals surface area contributed by atoms with Crippen LogP contribution in [-0.4, -0.2) is 38.5 Å². The largest absolute Gasteiger partial charge is 0.396 e. The number of nitrogens with zero attached hydrogens (tertiary/aromatic N) is 4. The van der Waals surface area contributed by atoms with Crippen LogP contribution < -0.4 is 5.32 Å². The van der Waals surface area contributed by atoms with Crippen LogP contribution in [0.4, 0.5) is 5.95 Å². The van der Waals surface area contributed by atoms with Crippen LogP contribution in [-0.2, 0) is 7.05 Å². The Morgan fingerprint density at radius 3 is 2.47 bits per heavy atom. The van der Waals surface area contributed by atoms with Crippen molar-refractivity contribution in [3.63, 3.8) is 0 Å². The highest BCUT2D eigenvalue weighted by atomic mass is 16.3. The molecule has 0 amide bonds. The molecular formula is C9H19N5O. The van der Waals surface area contributed by atoms with Gasteiger partial charge in [0.15, 0.2) is 0 Å². The van der Waals surface area contributed by atoms with Crippen molar-refractivity contribution in [2.75, 3.05) is 18.5 Å². The fourth-order valence-corrected chi connectivity index (χ4v) is 1.43. The molecule has 0 radical (unpaired) electrons. The van der Waals surface area contributed by atoms with Crippen molar-refractivity contribution in [2.24, 2.45) is 12.5 Å². The molecule has 0 aliphatic rings. The zero-order valence-electron chi connectivity index (χ0n) is 9.56. The van der Waals surface area contributed by atoms with Crippen LogP contribution in [0.5, 0.6) is 0 Å². The van der Waals surface area contributed by atoms with Crippen molar-refractivity contribution < 1.29 is 5.11 Å². The molecule has 86 valence electrons. The van der Waals surface area contributed by atoms with E-state index < -0.39 is 0 Å². The van der Waals surface area contributed by atoms with Gasteiger partial charge >= 0.3 is 0 Å². The molecule has 0 saturated heterocycles. The molecule has 0 aliphatic heterocycles. The fourth-order valence-electron chi connectivity index (χ4n) is 1.43. The van der Waals surface area contributed by atoms with Gasteiger partial charge in [-0.1, -0.05) is 18.9 Å². The van der Waals surface area contributed by atoms with E-state index in [9.17, 15) is 5.11 Å². The summed E-state index contributed by atoms with van der Waals surface area (Å²) in [5, 5.41) is 23.6. The molecule has 0 fully saturated rings. The van der Waals surface area contributed by atoms with Crippen molar-refractivity contribution in [2.45, 2.75) is 26.7 Å². The maximum atomic E-state index is 9.38. The minimum atomic E-state index is -0.0774. The Hall–Kier alpha value is -1.17. The smallest absolute Gasteiger partial charge is 0.242 e. The molecule has 6 heteroatoms. The molecule has 0 aliphatic carbocycles. The van der Waals surface area contributed by atoms with Crippen molar-refractivity contribution in [1.82, 2.24) is 20.2 Å². The summed E-state index contributed by atoms with van der Waals surface area (Å²) in [5.41, 5.74) is -0.0774. The third-order valence-corrected chi connectivity index (χ3v) is 3.08. The second-order valence-corrected chi connectivity index (χ2v) is 3.84. The van der Waals surface area contributed by atoms with Crippen LogP contribution in [0.25, 0.3) is 0 Å². The zero-order chi connectivity index (χ0) is 11.3. The van der Waals surface area contributed by atoms with Gasteiger partial charge in [-0.2, -0.15) is 0 Å². The first kappa shape index (κ1) is 11.9. The zero-order valence-corrected chi connectivity index (χ0v) is 9.56. The van der Waals surface area contributed by atoms with Crippen LogP contribution >= 0.6 is 0 Å². The van der Waals surface area contributed by atoms with Gasteiger partial charge < -0.3 is 10.4 Å². The first-order valence-electron chi connectivity index (χ1n) is 5.24. The average Bonchev–Trinajstić information content (AvgIpc) is 2.67. The number of aliphatic hydroxyl groups excluding tert-OH is 1. The highest BCUT2D eigenvalue weighted by Crippen LogP contribution is 2.25. The van der Waals surface area contributed by atoms with Crippen LogP contribution in [0.1, 0.15) is 26.7 Å². The molecule has 0 aromatic carbocycles. The highest BCUT2D eigenvalue weighted by Gasteiger charge is 2.25. The van der Waals surface area contributed by atoms with Gasteiger partial charge in [0.05, 0.1) is 6.61 Å². The molecule has 0 atom stereocenters. The summed E-state index contributed by atoms with van der Waals surface area (Å²) in [6, 6.07) is 0. The standard InChI is InChI=1S/C9H19N5O/c1-4-9(5-2,7-15)6-10-8-11-12-13-14(8)3/h15H,4-7H2,1-3H3,(H,10,11,13). The SMILES string of the molecule is CCC(CC)(CO)CNc1nnnn1C. The van der Waals surface area contributed by atoms with Gasteiger partial charge in [0.25, 0.3) is 0 Å². The monoisotopic (exact) mass is 213 g/mol. The third-order valence-electron chi connectivity index (χ3n) is 3.08. The van der Waals surface area contributed by atoms with E-state index in [2.05, 4.69) is 34.7 Å². The predicted molar refractivity (Wildman–Crippen MR) is 57.4 cm³/mol. The molecule has 0 spiro atoms. The Balaban J connectivity index is 2.58. The third kappa shape index (κ3) is 2.65. The predicted octanol–water partition coefficient (Wildman–Crippen LogP) is 0.421. The Kier molecular flexibility index (Phi) is 4.02. The van der Waals surface area contributed by atoms with Crippen LogP contribution in [0.3, 0.4) is 0 Å². The number of anilines is 1. The van der Waals surface area contributed by atoms with Crippen LogP contribution in [0.2, 0.25) is 0 Å². The van der Waals surface area contributed by atoms with E-state index >= 15 is 0 Å². The number of tetrazole rings is 1. The molecule has 0 saturated carbocycles. The average molecular weight is 213 g/mol. The number of aliphatic hydroxyl groups is 1. The highest BCUT2D eigenvalue weighted by molar-refractivity contribution is 5.21. The molecule has 1 rings (SSSR count). The fraction of sp³-hybridized carbons (Fsp3) is 0.889. The van der Waals surface area contributed by atoms with Crippen molar-refractivity contribution in [3.05, 3.63) is 0 Å². The maximum Gasteiger partial charge on any atom is 0.242 e. The van der Waals surface area contributed by atoms with E-state index in [1.54, 1.807) is 11.7 Å². The number of nitrogens with one attached hydrogen (secondary N) is 1. The maximum absolute atomic E-state index is 9.38. The lowest BCUT2D eigenvalue weighted by atomic mass is 9.83. The Morgan fingerprint density at radius 1 is 1.40 bits per heavy atom. The Labute approximate surface area is 89.7 Å². The molecule has 1 heterocycles. The molecule has 15 heavy (non-hydrogen) atoms. The van der Waals surface area contributed by atoms with Gasteiger partial charge in [0, 0.05) is 19.0 Å². The summed E-state index contributed by atoms with van der Waals surface area (Å²) in [5.74, 6) is 0.634. The van der Waals surface area contributed by atoms with E-state index in [4.69, 9.17) is 0 Å². The molecule has 6 nitrogen and oxygen atoms in total. The molecule has 0 bridgehead atoms. The van der Waals surface area contributed by atoms with Crippen molar-refractivity contribution in [1.29, 1.82) is 0 Å². The first-order chi connectivity index (χ1) is 7.17. The van der Waals surface area contributed by atoms with E-state index in [1.165, 1.54) is 0 Å². The van der Waals surface area contributed by atoms with Gasteiger partial charge in [-0.3, -0.25) is 0 Å². The molecule has 1 aromatic heterocycles. The second kappa shape index (κ2) is 5.06. The van der Waals surface area contributed by atoms with Crippen molar-refractivity contribution in [3.8, 4) is 0 Å². The lowest BCUT2D eigenvalue weighted by Gasteiger charge is -2.29. The summed E-state index contributed by atoms with van der Waals surface area (Å²) in [7, 11) is 1.78. The van der Waals surface area contributed by atoms with E-state index in [0.29, 0.717) is 12.5 Å². The van der Waals surface area contributed by atoms with Gasteiger partial charge in [0.1, 0.15) is 0 Å². The summed E-state index contributed by atoms with van der Waals surface area (Å²) in [6.07, 6.45) is 1.86. The minimum absolute atomic E-state index is 0.0774. The number of aryl methyl sites for hydroxylation is 1. The van der Waals surface area contributed by atoms with E-state index in [1.807, 2.05) is 0 Å². The number of hydrogen-bond donors (Lipinski definition) is 2. The van der Waals surface area contributed by atoms with Gasteiger partial charge in [-0.05, 0) is 23.3 Å². The van der Waals surface area contributed by atoms with Crippen molar-refractivity contribution >= 4 is 5.95 Å². The summed E-state index contributed by atoms with van der Waals surface area (Å²) >= 11 is 0. The lowest BCUT2D eigenvalue weighted by Crippen LogP contribution is -2.33.